The van der Waals surface area contributed by atoms with Crippen molar-refractivity contribution in [1.29, 1.82) is 0 Å². The second-order valence-corrected chi connectivity index (χ2v) is 12.5. The number of aryl methyl sites for hydroxylation is 2. The summed E-state index contributed by atoms with van der Waals surface area (Å²) in [4.78, 5) is 35.3. The highest BCUT2D eigenvalue weighted by molar-refractivity contribution is 5.81. The summed E-state index contributed by atoms with van der Waals surface area (Å²) < 4.78 is 8.11. The molecule has 7 heteroatoms. The van der Waals surface area contributed by atoms with Crippen LogP contribution in [0.1, 0.15) is 77.5 Å². The molecule has 0 radical (unpaired) electrons. The number of nitrogens with one attached hydrogen (secondary N) is 1. The van der Waals surface area contributed by atoms with Gasteiger partial charge >= 0.3 is 5.97 Å². The molecule has 1 aliphatic heterocycles. The number of aromatic amines is 1. The van der Waals surface area contributed by atoms with E-state index in [1.165, 1.54) is 5.56 Å². The van der Waals surface area contributed by atoms with Crippen LogP contribution in [0.2, 0.25) is 0 Å². The molecule has 0 unspecified atom stereocenters. The fraction of sp³-hybridized carbons (Fsp3) is 0.581. The number of likely N-dealkylation sites (tertiary alicyclic amines) is 1. The Labute approximate surface area is 226 Å². The van der Waals surface area contributed by atoms with Crippen LogP contribution in [0.3, 0.4) is 0 Å². The van der Waals surface area contributed by atoms with Gasteiger partial charge in [-0.3, -0.25) is 9.59 Å². The van der Waals surface area contributed by atoms with Crippen LogP contribution in [-0.2, 0) is 16.0 Å². The van der Waals surface area contributed by atoms with E-state index in [1.807, 2.05) is 33.8 Å². The maximum Gasteiger partial charge on any atom is 0.309 e. The summed E-state index contributed by atoms with van der Waals surface area (Å²) in [5.41, 5.74) is 4.31. The van der Waals surface area contributed by atoms with Gasteiger partial charge in [-0.15, -0.1) is 0 Å². The number of esters is 1. The number of carbonyl (C=O) groups excluding carboxylic acids is 1. The molecule has 1 aromatic carbocycles. The number of benzene rings is 1. The van der Waals surface area contributed by atoms with Crippen LogP contribution in [0, 0.1) is 18.8 Å². The molecule has 1 aliphatic rings. The summed E-state index contributed by atoms with van der Waals surface area (Å²) in [6.07, 6.45) is 6.26. The van der Waals surface area contributed by atoms with Crippen molar-refractivity contribution in [2.24, 2.45) is 11.8 Å². The molecule has 38 heavy (non-hydrogen) atoms. The third kappa shape index (κ3) is 6.73. The van der Waals surface area contributed by atoms with Crippen LogP contribution in [0.25, 0.3) is 22.4 Å². The molecule has 1 N–H and O–H groups in total. The first-order valence-corrected chi connectivity index (χ1v) is 14.0. The first kappa shape index (κ1) is 28.1. The topological polar surface area (TPSA) is 80.2 Å². The third-order valence-electron chi connectivity index (χ3n) is 7.43. The number of rotatable bonds is 8. The van der Waals surface area contributed by atoms with Crippen molar-refractivity contribution in [1.82, 2.24) is 19.4 Å². The molecule has 0 saturated carbocycles. The van der Waals surface area contributed by atoms with Gasteiger partial charge in [-0.1, -0.05) is 19.9 Å². The minimum Gasteiger partial charge on any atom is -0.460 e. The Balaban J connectivity index is 1.65. The van der Waals surface area contributed by atoms with Crippen molar-refractivity contribution < 1.29 is 9.53 Å². The molecule has 1 fully saturated rings. The van der Waals surface area contributed by atoms with Crippen LogP contribution in [0.15, 0.2) is 35.3 Å². The van der Waals surface area contributed by atoms with E-state index >= 15 is 0 Å². The number of imidazole rings is 1. The van der Waals surface area contributed by atoms with Crippen LogP contribution in [-0.4, -0.2) is 51.1 Å². The smallest absolute Gasteiger partial charge is 0.309 e. The van der Waals surface area contributed by atoms with E-state index in [4.69, 9.17) is 9.72 Å². The Kier molecular flexibility index (Phi) is 8.46. The normalized spacial score (nSPS) is 16.3. The van der Waals surface area contributed by atoms with E-state index < -0.39 is 5.60 Å². The Bertz CT molecular complexity index is 1320. The Morgan fingerprint density at radius 1 is 1.18 bits per heavy atom. The highest BCUT2D eigenvalue weighted by Crippen LogP contribution is 2.34. The number of ether oxygens (including phenoxy) is 1. The van der Waals surface area contributed by atoms with Gasteiger partial charge in [-0.25, -0.2) is 4.98 Å². The first-order chi connectivity index (χ1) is 17.9. The Morgan fingerprint density at radius 2 is 1.89 bits per heavy atom. The molecule has 3 aromatic rings. The van der Waals surface area contributed by atoms with Crippen LogP contribution >= 0.6 is 0 Å². The number of pyridine rings is 1. The molecular weight excluding hydrogens is 476 g/mol. The van der Waals surface area contributed by atoms with Crippen molar-refractivity contribution in [3.05, 3.63) is 51.9 Å². The molecule has 7 nitrogen and oxygen atoms in total. The van der Waals surface area contributed by atoms with Gasteiger partial charge in [0.2, 0.25) is 0 Å². The molecular formula is C31H44N4O3. The average Bonchev–Trinajstić information content (AvgIpc) is 3.21. The minimum atomic E-state index is -0.484. The first-order valence-electron chi connectivity index (χ1n) is 14.0. The number of hydrogen-bond acceptors (Lipinski definition) is 5. The van der Waals surface area contributed by atoms with Crippen molar-refractivity contribution in [3.63, 3.8) is 0 Å². The quantitative estimate of drug-likeness (QED) is 0.374. The zero-order valence-electron chi connectivity index (χ0n) is 24.1. The maximum atomic E-state index is 12.9. The van der Waals surface area contributed by atoms with Crippen LogP contribution in [0.5, 0.6) is 0 Å². The van der Waals surface area contributed by atoms with Crippen LogP contribution < -0.4 is 5.56 Å². The fourth-order valence-corrected chi connectivity index (χ4v) is 5.48. The molecule has 0 amide bonds. The lowest BCUT2D eigenvalue weighted by Gasteiger charge is -2.31. The standard InChI is InChI=1S/C31H44N4O3/c1-20(2)16-23(30(37)38-31(4,5)6)10-8-22-9-11-27-26(18-22)33-28(24-17-21(3)29(36)32-19-24)35(27)25-12-14-34(7)15-13-25/h9,11,17-20,23,25H,8,10,12-16H2,1-7H3,(H,32,36)/t23-/m0/s1. The maximum absolute atomic E-state index is 12.9. The number of H-pyrrole nitrogens is 1. The number of nitrogens with zero attached hydrogens (tertiary/aromatic N) is 3. The lowest BCUT2D eigenvalue weighted by Crippen LogP contribution is -2.31. The van der Waals surface area contributed by atoms with Gasteiger partial charge in [-0.05, 0) is 110 Å². The largest absolute Gasteiger partial charge is 0.460 e. The zero-order valence-corrected chi connectivity index (χ0v) is 24.1. The van der Waals surface area contributed by atoms with E-state index in [-0.39, 0.29) is 17.4 Å². The summed E-state index contributed by atoms with van der Waals surface area (Å²) >= 11 is 0. The van der Waals surface area contributed by atoms with Crippen molar-refractivity contribution in [3.8, 4) is 11.4 Å². The zero-order chi connectivity index (χ0) is 27.6. The average molecular weight is 521 g/mol. The predicted octanol–water partition coefficient (Wildman–Crippen LogP) is 5.90. The molecule has 206 valence electrons. The van der Waals surface area contributed by atoms with E-state index in [0.29, 0.717) is 17.5 Å². The van der Waals surface area contributed by atoms with Gasteiger partial charge in [0, 0.05) is 23.4 Å². The second-order valence-electron chi connectivity index (χ2n) is 12.5. The van der Waals surface area contributed by atoms with Gasteiger partial charge in [0.1, 0.15) is 11.4 Å². The van der Waals surface area contributed by atoms with Crippen molar-refractivity contribution >= 4 is 17.0 Å². The lowest BCUT2D eigenvalue weighted by atomic mass is 9.91. The summed E-state index contributed by atoms with van der Waals surface area (Å²) in [6.45, 7) is 14.0. The summed E-state index contributed by atoms with van der Waals surface area (Å²) in [7, 11) is 2.17. The molecule has 0 bridgehead atoms. The minimum absolute atomic E-state index is 0.0704. The van der Waals surface area contributed by atoms with Gasteiger partial charge in [0.15, 0.2) is 0 Å². The van der Waals surface area contributed by atoms with Crippen molar-refractivity contribution in [2.75, 3.05) is 20.1 Å². The summed E-state index contributed by atoms with van der Waals surface area (Å²) in [6, 6.07) is 8.82. The number of fused-ring (bicyclic) bond motifs is 1. The third-order valence-corrected chi connectivity index (χ3v) is 7.43. The molecule has 1 atom stereocenters. The van der Waals surface area contributed by atoms with Crippen molar-refractivity contribution in [2.45, 2.75) is 85.3 Å². The molecule has 2 aromatic heterocycles. The SMILES string of the molecule is Cc1cc(-c2nc3cc(CC[C@@H](CC(C)C)C(=O)OC(C)(C)C)ccc3n2C2CCN(C)CC2)c[nH]c1=O. The van der Waals surface area contributed by atoms with E-state index in [2.05, 4.69) is 53.5 Å². The molecule has 3 heterocycles. The molecule has 0 aliphatic carbocycles. The van der Waals surface area contributed by atoms with Gasteiger partial charge in [0.25, 0.3) is 5.56 Å². The van der Waals surface area contributed by atoms with Gasteiger partial charge < -0.3 is 19.2 Å². The van der Waals surface area contributed by atoms with E-state index in [1.54, 1.807) is 6.20 Å². The molecule has 1 saturated heterocycles. The second kappa shape index (κ2) is 11.4. The monoisotopic (exact) mass is 520 g/mol. The molecule has 0 spiro atoms. The number of aromatic nitrogens is 3. The lowest BCUT2D eigenvalue weighted by molar-refractivity contribution is -0.160. The summed E-state index contributed by atoms with van der Waals surface area (Å²) in [5, 5.41) is 0. The fourth-order valence-electron chi connectivity index (χ4n) is 5.48. The predicted molar refractivity (Wildman–Crippen MR) is 153 cm³/mol. The number of carbonyl (C=O) groups is 1. The Hall–Kier alpha value is -2.93. The summed E-state index contributed by atoms with van der Waals surface area (Å²) in [5.74, 6) is 1.09. The molecule has 4 rings (SSSR count). The van der Waals surface area contributed by atoms with Gasteiger partial charge in [0.05, 0.1) is 17.0 Å². The Morgan fingerprint density at radius 3 is 2.53 bits per heavy atom. The highest BCUT2D eigenvalue weighted by atomic mass is 16.6. The highest BCUT2D eigenvalue weighted by Gasteiger charge is 2.27. The van der Waals surface area contributed by atoms with E-state index in [9.17, 15) is 9.59 Å². The van der Waals surface area contributed by atoms with Crippen LogP contribution in [0.4, 0.5) is 0 Å². The number of piperidine rings is 1. The number of hydrogen-bond donors (Lipinski definition) is 1. The van der Waals surface area contributed by atoms with Gasteiger partial charge in [-0.2, -0.15) is 0 Å². The van der Waals surface area contributed by atoms with E-state index in [0.717, 1.165) is 67.6 Å².